The predicted octanol–water partition coefficient (Wildman–Crippen LogP) is 3.99. The SMILES string of the molecule is CCC(C)Cc1sccc1Cl. The van der Waals surface area contributed by atoms with Gasteiger partial charge in [0, 0.05) is 4.88 Å². The summed E-state index contributed by atoms with van der Waals surface area (Å²) in [5, 5.41) is 3.00. The van der Waals surface area contributed by atoms with Crippen molar-refractivity contribution in [2.45, 2.75) is 26.7 Å². The van der Waals surface area contributed by atoms with Gasteiger partial charge in [-0.1, -0.05) is 31.9 Å². The molecule has 1 rings (SSSR count). The van der Waals surface area contributed by atoms with E-state index in [0.717, 1.165) is 17.4 Å². The monoisotopic (exact) mass is 188 g/mol. The standard InChI is InChI=1S/C9H13ClS/c1-3-7(2)6-9-8(10)4-5-11-9/h4-5,7H,3,6H2,1-2H3. The van der Waals surface area contributed by atoms with E-state index in [0.29, 0.717) is 0 Å². The highest BCUT2D eigenvalue weighted by molar-refractivity contribution is 7.10. The average Bonchev–Trinajstić information content (AvgIpc) is 2.37. The first-order valence-corrected chi connectivity index (χ1v) is 5.21. The van der Waals surface area contributed by atoms with Gasteiger partial charge >= 0.3 is 0 Å². The molecule has 62 valence electrons. The van der Waals surface area contributed by atoms with Gasteiger partial charge in [-0.2, -0.15) is 0 Å². The third kappa shape index (κ3) is 2.49. The Balaban J connectivity index is 2.56. The van der Waals surface area contributed by atoms with Crippen molar-refractivity contribution < 1.29 is 0 Å². The summed E-state index contributed by atoms with van der Waals surface area (Å²) < 4.78 is 0. The van der Waals surface area contributed by atoms with Gasteiger partial charge < -0.3 is 0 Å². The highest BCUT2D eigenvalue weighted by Crippen LogP contribution is 2.25. The molecule has 0 bridgehead atoms. The first kappa shape index (κ1) is 9.08. The Labute approximate surface area is 77.2 Å². The molecule has 0 nitrogen and oxygen atoms in total. The summed E-state index contributed by atoms with van der Waals surface area (Å²) in [6.45, 7) is 4.47. The van der Waals surface area contributed by atoms with Crippen LogP contribution >= 0.6 is 22.9 Å². The largest absolute Gasteiger partial charge is 0.147 e. The van der Waals surface area contributed by atoms with E-state index in [1.54, 1.807) is 11.3 Å². The summed E-state index contributed by atoms with van der Waals surface area (Å²) in [4.78, 5) is 1.33. The predicted molar refractivity (Wildman–Crippen MR) is 52.5 cm³/mol. The van der Waals surface area contributed by atoms with Crippen LogP contribution in [0.4, 0.5) is 0 Å². The maximum absolute atomic E-state index is 5.95. The second-order valence-electron chi connectivity index (χ2n) is 2.91. The fourth-order valence-corrected chi connectivity index (χ4v) is 2.21. The van der Waals surface area contributed by atoms with Crippen molar-refractivity contribution in [3.05, 3.63) is 21.3 Å². The molecule has 0 aliphatic heterocycles. The minimum Gasteiger partial charge on any atom is -0.147 e. The molecule has 1 unspecified atom stereocenters. The highest BCUT2D eigenvalue weighted by atomic mass is 35.5. The van der Waals surface area contributed by atoms with Gasteiger partial charge in [0.25, 0.3) is 0 Å². The van der Waals surface area contributed by atoms with Gasteiger partial charge in [-0.15, -0.1) is 11.3 Å². The van der Waals surface area contributed by atoms with Crippen molar-refractivity contribution in [2.75, 3.05) is 0 Å². The Morgan fingerprint density at radius 3 is 2.82 bits per heavy atom. The van der Waals surface area contributed by atoms with Crippen molar-refractivity contribution >= 4 is 22.9 Å². The second kappa shape index (κ2) is 4.13. The Morgan fingerprint density at radius 2 is 2.36 bits per heavy atom. The van der Waals surface area contributed by atoms with Gasteiger partial charge in [0.05, 0.1) is 5.02 Å². The molecule has 0 aliphatic carbocycles. The van der Waals surface area contributed by atoms with Gasteiger partial charge in [-0.3, -0.25) is 0 Å². The van der Waals surface area contributed by atoms with Crippen LogP contribution < -0.4 is 0 Å². The van der Waals surface area contributed by atoms with Crippen LogP contribution in [-0.2, 0) is 6.42 Å². The summed E-state index contributed by atoms with van der Waals surface area (Å²) in [5.74, 6) is 0.756. The topological polar surface area (TPSA) is 0 Å². The first-order chi connectivity index (χ1) is 5.24. The summed E-state index contributed by atoms with van der Waals surface area (Å²) in [6.07, 6.45) is 2.36. The van der Waals surface area contributed by atoms with Crippen LogP contribution in [0.2, 0.25) is 5.02 Å². The molecule has 1 aromatic heterocycles. The zero-order valence-electron chi connectivity index (χ0n) is 6.93. The number of thiophene rings is 1. The number of rotatable bonds is 3. The van der Waals surface area contributed by atoms with E-state index < -0.39 is 0 Å². The Kier molecular flexibility index (Phi) is 3.41. The van der Waals surface area contributed by atoms with Crippen LogP contribution in [0.5, 0.6) is 0 Å². The van der Waals surface area contributed by atoms with Crippen molar-refractivity contribution in [3.63, 3.8) is 0 Å². The molecule has 0 saturated heterocycles. The molecule has 0 radical (unpaired) electrons. The lowest BCUT2D eigenvalue weighted by Gasteiger charge is -2.05. The van der Waals surface area contributed by atoms with E-state index >= 15 is 0 Å². The zero-order valence-corrected chi connectivity index (χ0v) is 8.50. The Bertz CT molecular complexity index is 217. The zero-order chi connectivity index (χ0) is 8.27. The molecule has 1 atom stereocenters. The molecular formula is C9H13ClS. The molecule has 1 heterocycles. The highest BCUT2D eigenvalue weighted by Gasteiger charge is 2.05. The van der Waals surface area contributed by atoms with Crippen molar-refractivity contribution in [1.82, 2.24) is 0 Å². The maximum atomic E-state index is 5.95. The number of hydrogen-bond donors (Lipinski definition) is 0. The fraction of sp³-hybridized carbons (Fsp3) is 0.556. The average molecular weight is 189 g/mol. The van der Waals surface area contributed by atoms with Crippen molar-refractivity contribution in [1.29, 1.82) is 0 Å². The number of hydrogen-bond acceptors (Lipinski definition) is 1. The van der Waals surface area contributed by atoms with Crippen LogP contribution in [0.3, 0.4) is 0 Å². The normalized spacial score (nSPS) is 13.4. The molecule has 0 aliphatic rings. The molecule has 11 heavy (non-hydrogen) atoms. The summed E-state index contributed by atoms with van der Waals surface area (Å²) in [6, 6.07) is 1.98. The molecule has 0 spiro atoms. The third-order valence-electron chi connectivity index (χ3n) is 1.92. The van der Waals surface area contributed by atoms with E-state index in [4.69, 9.17) is 11.6 Å². The minimum absolute atomic E-state index is 0.756. The lowest BCUT2D eigenvalue weighted by Crippen LogP contribution is -1.95. The summed E-state index contributed by atoms with van der Waals surface area (Å²) in [7, 11) is 0. The van der Waals surface area contributed by atoms with E-state index in [1.165, 1.54) is 11.3 Å². The Morgan fingerprint density at radius 1 is 1.64 bits per heavy atom. The van der Waals surface area contributed by atoms with Crippen LogP contribution in [-0.4, -0.2) is 0 Å². The number of halogens is 1. The second-order valence-corrected chi connectivity index (χ2v) is 4.32. The van der Waals surface area contributed by atoms with Crippen molar-refractivity contribution in [3.8, 4) is 0 Å². The molecule has 0 saturated carbocycles. The van der Waals surface area contributed by atoms with Crippen LogP contribution in [0, 0.1) is 5.92 Å². The molecule has 2 heteroatoms. The van der Waals surface area contributed by atoms with Gasteiger partial charge in [0.2, 0.25) is 0 Å². The summed E-state index contributed by atoms with van der Waals surface area (Å²) >= 11 is 7.71. The van der Waals surface area contributed by atoms with Gasteiger partial charge in [0.1, 0.15) is 0 Å². The lowest BCUT2D eigenvalue weighted by atomic mass is 10.0. The van der Waals surface area contributed by atoms with Crippen LogP contribution in [0.15, 0.2) is 11.4 Å². The Hall–Kier alpha value is -0.0100. The molecular weight excluding hydrogens is 176 g/mol. The van der Waals surface area contributed by atoms with E-state index in [9.17, 15) is 0 Å². The van der Waals surface area contributed by atoms with Gasteiger partial charge in [-0.05, 0) is 23.8 Å². The molecule has 0 aromatic carbocycles. The van der Waals surface area contributed by atoms with Crippen LogP contribution in [0.1, 0.15) is 25.1 Å². The minimum atomic E-state index is 0.756. The quantitative estimate of drug-likeness (QED) is 0.673. The molecule has 1 aromatic rings. The lowest BCUT2D eigenvalue weighted by molar-refractivity contribution is 0.565. The third-order valence-corrected chi connectivity index (χ3v) is 3.33. The van der Waals surface area contributed by atoms with Crippen LogP contribution in [0.25, 0.3) is 0 Å². The van der Waals surface area contributed by atoms with E-state index in [2.05, 4.69) is 19.2 Å². The van der Waals surface area contributed by atoms with Gasteiger partial charge in [-0.25, -0.2) is 0 Å². The van der Waals surface area contributed by atoms with E-state index in [-0.39, 0.29) is 0 Å². The summed E-state index contributed by atoms with van der Waals surface area (Å²) in [5.41, 5.74) is 0. The molecule has 0 fully saturated rings. The molecule has 0 amide bonds. The maximum Gasteiger partial charge on any atom is 0.0545 e. The first-order valence-electron chi connectivity index (χ1n) is 3.96. The van der Waals surface area contributed by atoms with Crippen molar-refractivity contribution in [2.24, 2.45) is 5.92 Å². The van der Waals surface area contributed by atoms with Gasteiger partial charge in [0.15, 0.2) is 0 Å². The fourth-order valence-electron chi connectivity index (χ4n) is 0.932. The molecule has 0 N–H and O–H groups in total. The smallest absolute Gasteiger partial charge is 0.0545 e. The van der Waals surface area contributed by atoms with E-state index in [1.807, 2.05) is 6.07 Å².